The minimum absolute atomic E-state index is 0. The summed E-state index contributed by atoms with van der Waals surface area (Å²) in [5, 5.41) is 0. The minimum Gasteiger partial charge on any atom is -0.147 e. The van der Waals surface area contributed by atoms with Crippen LogP contribution in [-0.2, 0) is 0 Å². The van der Waals surface area contributed by atoms with Gasteiger partial charge in [0.2, 0.25) is 0 Å². The van der Waals surface area contributed by atoms with Crippen LogP contribution in [0.4, 0.5) is 0 Å². The monoisotopic (exact) mass is 328 g/mol. The van der Waals surface area contributed by atoms with Gasteiger partial charge in [0.15, 0.2) is 0 Å². The molecule has 0 aromatic rings. The van der Waals surface area contributed by atoms with E-state index in [9.17, 15) is 0 Å². The van der Waals surface area contributed by atoms with Crippen molar-refractivity contribution in [2.75, 3.05) is 0 Å². The summed E-state index contributed by atoms with van der Waals surface area (Å²) in [7, 11) is 0. The van der Waals surface area contributed by atoms with Gasteiger partial charge in [-0.2, -0.15) is 0 Å². The van der Waals surface area contributed by atoms with Crippen molar-refractivity contribution in [3.63, 3.8) is 0 Å². The normalized spacial score (nSPS) is 6.00. The standard InChI is InChI=1S/CCl4.4ClH.H4Si/c2-1(3,4)5;;;;;/h;4*1H;1H4. The minimum atomic E-state index is -1.61. The second kappa shape index (κ2) is 17.6. The van der Waals surface area contributed by atoms with Crippen LogP contribution in [0.25, 0.3) is 0 Å². The van der Waals surface area contributed by atoms with Crippen molar-refractivity contribution in [3.05, 3.63) is 0 Å². The quantitative estimate of drug-likeness (QED) is 0.473. The molecule has 0 rings (SSSR count). The SMILES string of the molecule is Cl.Cl.Cl.Cl.ClC(Cl)(Cl)Cl.[SiH4]. The van der Waals surface area contributed by atoms with Crippen LogP contribution in [-0.4, -0.2) is 14.2 Å². The van der Waals surface area contributed by atoms with Crippen LogP contribution >= 0.6 is 96.0 Å². The smallest absolute Gasteiger partial charge is 0.147 e. The van der Waals surface area contributed by atoms with Crippen LogP contribution in [0.1, 0.15) is 0 Å². The Balaban J connectivity index is -0.00000000800. The lowest BCUT2D eigenvalue weighted by Gasteiger charge is -1.91. The zero-order chi connectivity index (χ0) is 4.50. The Bertz CT molecular complexity index is 24.7. The molecule has 0 aromatic heterocycles. The van der Waals surface area contributed by atoms with E-state index in [1.807, 2.05) is 0 Å². The van der Waals surface area contributed by atoms with Crippen LogP contribution < -0.4 is 0 Å². The molecule has 0 saturated heterocycles. The van der Waals surface area contributed by atoms with E-state index in [2.05, 4.69) is 0 Å². The first-order valence-electron chi connectivity index (χ1n) is 0.756. The maximum Gasteiger partial charge on any atom is 0.266 e. The number of alkyl halides is 4. The van der Waals surface area contributed by atoms with Crippen molar-refractivity contribution in [3.8, 4) is 0 Å². The van der Waals surface area contributed by atoms with Gasteiger partial charge in [-0.1, -0.05) is 46.4 Å². The third kappa shape index (κ3) is 149. The van der Waals surface area contributed by atoms with Crippen molar-refractivity contribution in [1.29, 1.82) is 0 Å². The molecule has 10 heavy (non-hydrogen) atoms. The molecule has 0 atom stereocenters. The van der Waals surface area contributed by atoms with Crippen molar-refractivity contribution < 1.29 is 0 Å². The van der Waals surface area contributed by atoms with Gasteiger partial charge in [-0.05, 0) is 11.0 Å². The van der Waals surface area contributed by atoms with Crippen LogP contribution in [0.2, 0.25) is 0 Å². The van der Waals surface area contributed by atoms with E-state index in [0.29, 0.717) is 0 Å². The number of hydrogen-bond donors (Lipinski definition) is 0. The molecular weight excluding hydrogens is 324 g/mol. The van der Waals surface area contributed by atoms with E-state index in [-0.39, 0.29) is 60.6 Å². The van der Waals surface area contributed by atoms with Crippen molar-refractivity contribution >= 4 is 107 Å². The highest BCUT2D eigenvalue weighted by Crippen LogP contribution is 2.29. The second-order valence-electron chi connectivity index (χ2n) is 0.429. The number of halogens is 8. The topological polar surface area (TPSA) is 0 Å². The lowest BCUT2D eigenvalue weighted by molar-refractivity contribution is 1.76. The van der Waals surface area contributed by atoms with Crippen molar-refractivity contribution in [2.45, 2.75) is 3.25 Å². The van der Waals surface area contributed by atoms with Crippen LogP contribution in [0.15, 0.2) is 0 Å². The lowest BCUT2D eigenvalue weighted by atomic mass is 11.8. The molecule has 0 radical (unpaired) electrons. The zero-order valence-electron chi connectivity index (χ0n) is 3.64. The van der Waals surface area contributed by atoms with Gasteiger partial charge in [-0.25, -0.2) is 0 Å². The predicted molar refractivity (Wildman–Crippen MR) is 66.5 cm³/mol. The van der Waals surface area contributed by atoms with Gasteiger partial charge < -0.3 is 0 Å². The average Bonchev–Trinajstić information content (AvgIpc) is 0.722. The Kier molecular flexibility index (Phi) is 68.6. The van der Waals surface area contributed by atoms with E-state index in [1.165, 1.54) is 0 Å². The molecule has 0 bridgehead atoms. The van der Waals surface area contributed by atoms with Gasteiger partial charge >= 0.3 is 0 Å². The fourth-order valence-corrected chi connectivity index (χ4v) is 0. The highest BCUT2D eigenvalue weighted by molar-refractivity contribution is 6.83. The Hall–Kier alpha value is 2.54. The molecule has 0 aromatic carbocycles. The summed E-state index contributed by atoms with van der Waals surface area (Å²) in [5.41, 5.74) is 0. The fraction of sp³-hybridized carbons (Fsp3) is 1.00. The largest absolute Gasteiger partial charge is 0.266 e. The Morgan fingerprint density at radius 2 is 0.600 bits per heavy atom. The highest BCUT2D eigenvalue weighted by Gasteiger charge is 2.11. The van der Waals surface area contributed by atoms with Crippen LogP contribution in [0.5, 0.6) is 0 Å². The Morgan fingerprint density at radius 1 is 0.600 bits per heavy atom. The van der Waals surface area contributed by atoms with E-state index >= 15 is 0 Å². The van der Waals surface area contributed by atoms with Gasteiger partial charge in [-0.3, -0.25) is 0 Å². The van der Waals surface area contributed by atoms with Crippen molar-refractivity contribution in [1.82, 2.24) is 0 Å². The summed E-state index contributed by atoms with van der Waals surface area (Å²) in [6, 6.07) is 0. The zero-order valence-corrected chi connectivity index (χ0v) is 9.93. The summed E-state index contributed by atoms with van der Waals surface area (Å²) in [6.45, 7) is 0. The molecule has 72 valence electrons. The van der Waals surface area contributed by atoms with Gasteiger partial charge in [0.1, 0.15) is 0 Å². The molecule has 0 N–H and O–H groups in total. The molecule has 0 aliphatic carbocycles. The summed E-state index contributed by atoms with van der Waals surface area (Å²) in [4.78, 5) is 0. The van der Waals surface area contributed by atoms with Crippen LogP contribution in [0, 0.1) is 0 Å². The third-order valence-corrected chi connectivity index (χ3v) is 0. The molecule has 0 spiro atoms. The van der Waals surface area contributed by atoms with Gasteiger partial charge in [-0.15, -0.1) is 49.6 Å². The lowest BCUT2D eigenvalue weighted by Crippen LogP contribution is -1.81. The molecule has 0 aliphatic heterocycles. The van der Waals surface area contributed by atoms with E-state index < -0.39 is 3.25 Å². The summed E-state index contributed by atoms with van der Waals surface area (Å²) in [6.07, 6.45) is 0. The van der Waals surface area contributed by atoms with E-state index in [1.54, 1.807) is 0 Å². The first kappa shape index (κ1) is 39.1. The van der Waals surface area contributed by atoms with Crippen LogP contribution in [0.3, 0.4) is 0 Å². The highest BCUT2D eigenvalue weighted by atomic mass is 35.6. The van der Waals surface area contributed by atoms with Gasteiger partial charge in [0.05, 0.1) is 0 Å². The third-order valence-electron chi connectivity index (χ3n) is 0. The summed E-state index contributed by atoms with van der Waals surface area (Å²) in [5.74, 6) is 0. The molecule has 0 saturated carbocycles. The summed E-state index contributed by atoms with van der Waals surface area (Å²) >= 11 is 19.3. The number of rotatable bonds is 0. The molecule has 0 heterocycles. The molecule has 0 amide bonds. The first-order valence-corrected chi connectivity index (χ1v) is 2.27. The summed E-state index contributed by atoms with van der Waals surface area (Å²) < 4.78 is -1.61. The van der Waals surface area contributed by atoms with E-state index in [0.717, 1.165) is 0 Å². The van der Waals surface area contributed by atoms with Crippen molar-refractivity contribution in [2.24, 2.45) is 0 Å². The molecule has 9 heteroatoms. The number of hydrogen-bond acceptors (Lipinski definition) is 0. The molecule has 0 nitrogen and oxygen atoms in total. The molecule has 0 aliphatic rings. The average molecular weight is 332 g/mol. The maximum absolute atomic E-state index is 4.83. The van der Waals surface area contributed by atoms with Gasteiger partial charge in [0, 0.05) is 0 Å². The first-order chi connectivity index (χ1) is 2.00. The van der Waals surface area contributed by atoms with E-state index in [4.69, 9.17) is 46.4 Å². The molecule has 0 unspecified atom stereocenters. The Morgan fingerprint density at radius 3 is 0.600 bits per heavy atom. The van der Waals surface area contributed by atoms with Gasteiger partial charge in [0.25, 0.3) is 3.25 Å². The Labute approximate surface area is 109 Å². The predicted octanol–water partition coefficient (Wildman–Crippen LogP) is 2.79. The maximum atomic E-state index is 4.83. The molecule has 0 fully saturated rings. The molecular formula is CH8Cl8Si. The fourth-order valence-electron chi connectivity index (χ4n) is 0. The second-order valence-corrected chi connectivity index (χ2v) is 3.86.